The number of amides is 2. The van der Waals surface area contributed by atoms with Crippen LogP contribution in [0.1, 0.15) is 40.0 Å². The zero-order valence-electron chi connectivity index (χ0n) is 17.0. The quantitative estimate of drug-likeness (QED) is 0.336. The molecule has 12 nitrogen and oxygen atoms in total. The van der Waals surface area contributed by atoms with Crippen LogP contribution in [0, 0.1) is 17.3 Å². The molecule has 1 saturated heterocycles. The van der Waals surface area contributed by atoms with Gasteiger partial charge in [0.25, 0.3) is 5.91 Å². The fourth-order valence-corrected chi connectivity index (χ4v) is 4.32. The Balaban J connectivity index is 2.10. The number of esters is 2. The molecule has 2 amide bonds. The number of hydrogen-bond donors (Lipinski definition) is 1. The third-order valence-electron chi connectivity index (χ3n) is 5.17. The number of hydrogen-bond acceptors (Lipinski definition) is 10. The number of fused-ring (bicyclic) bond motifs is 2. The summed E-state index contributed by atoms with van der Waals surface area (Å²) in [6, 6.07) is -0.557. The van der Waals surface area contributed by atoms with Gasteiger partial charge in [-0.1, -0.05) is 0 Å². The van der Waals surface area contributed by atoms with Crippen molar-refractivity contribution in [2.75, 3.05) is 19.8 Å². The lowest BCUT2D eigenvalue weighted by atomic mass is 9.80. The lowest BCUT2D eigenvalue weighted by Gasteiger charge is -2.26. The Morgan fingerprint density at radius 3 is 2.20 bits per heavy atom. The average Bonchev–Trinajstić information content (AvgIpc) is 2.90. The number of ether oxygens (including phenoxy) is 2. The summed E-state index contributed by atoms with van der Waals surface area (Å²) in [4.78, 5) is 48.4. The molecule has 2 rings (SSSR count). The minimum atomic E-state index is -4.83. The van der Waals surface area contributed by atoms with E-state index >= 15 is 0 Å². The molecule has 30 heavy (non-hydrogen) atoms. The molecule has 0 radical (unpaired) electrons. The van der Waals surface area contributed by atoms with E-state index in [0.29, 0.717) is 17.9 Å². The molecule has 0 spiro atoms. The van der Waals surface area contributed by atoms with Gasteiger partial charge in [0.2, 0.25) is 5.91 Å². The summed E-state index contributed by atoms with van der Waals surface area (Å²) in [7, 11) is -4.83. The lowest BCUT2D eigenvalue weighted by molar-refractivity contribution is -0.174. The molecule has 13 heteroatoms. The highest BCUT2D eigenvalue weighted by Gasteiger charge is 2.52. The van der Waals surface area contributed by atoms with Crippen molar-refractivity contribution in [3.05, 3.63) is 0 Å². The molecule has 2 bridgehead atoms. The van der Waals surface area contributed by atoms with E-state index in [9.17, 15) is 27.6 Å². The first-order valence-corrected chi connectivity index (χ1v) is 10.9. The van der Waals surface area contributed by atoms with Gasteiger partial charge in [-0.25, -0.2) is 4.18 Å². The number of carbonyl (C=O) groups excluding carboxylic acids is 4. The van der Waals surface area contributed by atoms with Crippen LogP contribution in [0.2, 0.25) is 0 Å². The molecular formula is C17H26N2O10S. The summed E-state index contributed by atoms with van der Waals surface area (Å²) in [6.07, 6.45) is 0.890. The third-order valence-corrected chi connectivity index (χ3v) is 5.92. The van der Waals surface area contributed by atoms with Crippen LogP contribution in [0.25, 0.3) is 0 Å². The normalized spacial score (nSPS) is 23.9. The predicted molar refractivity (Wildman–Crippen MR) is 98.0 cm³/mol. The number of carbonyl (C=O) groups is 4. The van der Waals surface area contributed by atoms with Gasteiger partial charge in [0, 0.05) is 5.92 Å². The minimum Gasteiger partial charge on any atom is -0.465 e. The van der Waals surface area contributed by atoms with Gasteiger partial charge in [-0.3, -0.25) is 19.2 Å². The van der Waals surface area contributed by atoms with Gasteiger partial charge in [-0.15, -0.1) is 4.28 Å². The molecule has 1 aliphatic heterocycles. The fraction of sp³-hybridized carbons (Fsp3) is 0.765. The number of nitrogens with zero attached hydrogens (tertiary/aromatic N) is 1. The molecule has 2 fully saturated rings. The molecule has 0 unspecified atom stereocenters. The van der Waals surface area contributed by atoms with Crippen molar-refractivity contribution in [2.24, 2.45) is 23.0 Å². The minimum absolute atomic E-state index is 0.0521. The van der Waals surface area contributed by atoms with Crippen LogP contribution in [0.15, 0.2) is 0 Å². The largest absolute Gasteiger partial charge is 0.465 e. The van der Waals surface area contributed by atoms with Crippen LogP contribution in [0.5, 0.6) is 0 Å². The highest BCUT2D eigenvalue weighted by atomic mass is 32.3. The smallest absolute Gasteiger partial charge is 0.421 e. The SMILES string of the molecule is CCOC(=O)C(C)(COS(=O)(=O)ON1C(=O)[C@@H]2C[C@H]1CC[C@H]2C(N)=O)C(=O)OCC. The summed E-state index contributed by atoms with van der Waals surface area (Å²) in [5.41, 5.74) is 3.24. The van der Waals surface area contributed by atoms with Crippen molar-refractivity contribution in [2.45, 2.75) is 46.1 Å². The van der Waals surface area contributed by atoms with Crippen LogP contribution in [-0.4, -0.2) is 63.1 Å². The van der Waals surface area contributed by atoms with E-state index in [2.05, 4.69) is 0 Å². The van der Waals surface area contributed by atoms with Crippen molar-refractivity contribution in [3.8, 4) is 0 Å². The molecule has 0 aromatic rings. The molecule has 2 N–H and O–H groups in total. The van der Waals surface area contributed by atoms with E-state index in [1.54, 1.807) is 0 Å². The first-order valence-electron chi connectivity index (χ1n) is 9.52. The number of hydroxylamine groups is 2. The maximum absolute atomic E-state index is 12.5. The van der Waals surface area contributed by atoms with Gasteiger partial charge in [0.15, 0.2) is 5.41 Å². The topological polar surface area (TPSA) is 169 Å². The summed E-state index contributed by atoms with van der Waals surface area (Å²) in [6.45, 7) is 3.09. The fourth-order valence-electron chi connectivity index (χ4n) is 3.51. The van der Waals surface area contributed by atoms with Crippen molar-refractivity contribution < 1.29 is 45.5 Å². The van der Waals surface area contributed by atoms with Crippen LogP contribution in [-0.2, 0) is 47.5 Å². The van der Waals surface area contributed by atoms with Gasteiger partial charge >= 0.3 is 22.3 Å². The third kappa shape index (κ3) is 4.90. The molecule has 0 aromatic carbocycles. The molecule has 0 aromatic heterocycles. The van der Waals surface area contributed by atoms with Crippen molar-refractivity contribution in [3.63, 3.8) is 0 Å². The molecular weight excluding hydrogens is 424 g/mol. The predicted octanol–water partition coefficient (Wildman–Crippen LogP) is -0.576. The summed E-state index contributed by atoms with van der Waals surface area (Å²) in [5.74, 6) is -4.84. The number of rotatable bonds is 10. The molecule has 170 valence electrons. The van der Waals surface area contributed by atoms with Crippen LogP contribution >= 0.6 is 0 Å². The monoisotopic (exact) mass is 450 g/mol. The van der Waals surface area contributed by atoms with Crippen LogP contribution in [0.3, 0.4) is 0 Å². The Morgan fingerprint density at radius 2 is 1.70 bits per heavy atom. The Hall–Kier alpha value is -2.25. The Bertz CT molecular complexity index is 793. The highest BCUT2D eigenvalue weighted by Crippen LogP contribution is 2.41. The van der Waals surface area contributed by atoms with E-state index in [0.717, 1.165) is 6.92 Å². The van der Waals surface area contributed by atoms with Gasteiger partial charge in [0.1, 0.15) is 0 Å². The first kappa shape index (κ1) is 24.0. The highest BCUT2D eigenvalue weighted by molar-refractivity contribution is 7.81. The zero-order chi connectivity index (χ0) is 22.7. The van der Waals surface area contributed by atoms with Gasteiger partial charge in [-0.2, -0.15) is 13.5 Å². The maximum Gasteiger partial charge on any atom is 0.421 e. The second-order valence-corrected chi connectivity index (χ2v) is 8.47. The number of primary amides is 1. The molecule has 1 aliphatic carbocycles. The van der Waals surface area contributed by atoms with E-state index in [1.165, 1.54) is 13.8 Å². The number of nitrogens with two attached hydrogens (primary N) is 1. The zero-order valence-corrected chi connectivity index (χ0v) is 17.8. The van der Waals surface area contributed by atoms with E-state index in [-0.39, 0.29) is 19.6 Å². The first-order chi connectivity index (χ1) is 14.0. The van der Waals surface area contributed by atoms with Gasteiger partial charge in [0.05, 0.1) is 31.8 Å². The van der Waals surface area contributed by atoms with E-state index < -0.39 is 64.1 Å². The van der Waals surface area contributed by atoms with Crippen molar-refractivity contribution in [1.82, 2.24) is 5.06 Å². The van der Waals surface area contributed by atoms with E-state index in [4.69, 9.17) is 23.7 Å². The second-order valence-electron chi connectivity index (χ2n) is 7.26. The Kier molecular flexibility index (Phi) is 7.42. The van der Waals surface area contributed by atoms with Gasteiger partial charge < -0.3 is 15.2 Å². The summed E-state index contributed by atoms with van der Waals surface area (Å²) in [5, 5.41) is 0.662. The molecule has 2 aliphatic rings. The van der Waals surface area contributed by atoms with E-state index in [1.807, 2.05) is 0 Å². The second kappa shape index (κ2) is 9.27. The molecule has 3 atom stereocenters. The standard InChI is InChI=1S/C17H26N2O10S/c1-4-26-15(22)17(3,16(23)27-5-2)9-28-30(24,25)29-19-10-6-7-11(13(18)20)12(8-10)14(19)21/h10-12H,4-9H2,1-3H3,(H2,18,20)/t10-,11-,12-/m1/s1. The Morgan fingerprint density at radius 1 is 1.13 bits per heavy atom. The van der Waals surface area contributed by atoms with Gasteiger partial charge in [-0.05, 0) is 40.0 Å². The summed E-state index contributed by atoms with van der Waals surface area (Å²) >= 11 is 0. The lowest BCUT2D eigenvalue weighted by Crippen LogP contribution is -2.44. The maximum atomic E-state index is 12.5. The van der Waals surface area contributed by atoms with Crippen LogP contribution in [0.4, 0.5) is 0 Å². The Labute approximate surface area is 174 Å². The average molecular weight is 450 g/mol. The van der Waals surface area contributed by atoms with Crippen molar-refractivity contribution >= 4 is 34.2 Å². The molecule has 1 heterocycles. The van der Waals surface area contributed by atoms with Crippen molar-refractivity contribution in [1.29, 1.82) is 0 Å². The van der Waals surface area contributed by atoms with Crippen LogP contribution < -0.4 is 5.73 Å². The summed E-state index contributed by atoms with van der Waals surface area (Å²) < 4.78 is 43.8. The molecule has 1 saturated carbocycles.